The first-order valence-electron chi connectivity index (χ1n) is 12.8. The van der Waals surface area contributed by atoms with Crippen molar-refractivity contribution in [3.05, 3.63) is 139 Å². The smallest absolute Gasteiger partial charge is 0.208 e. The van der Waals surface area contributed by atoms with E-state index in [1.54, 1.807) is 0 Å². The third-order valence-electron chi connectivity index (χ3n) is 7.04. The molecule has 0 atom stereocenters. The monoisotopic (exact) mass is 519 g/mol. The molecule has 0 spiro atoms. The summed E-state index contributed by atoms with van der Waals surface area (Å²) in [6, 6.07) is 46.2. The first kappa shape index (κ1) is 23.3. The minimum absolute atomic E-state index is 0.171. The van der Waals surface area contributed by atoms with Gasteiger partial charge >= 0.3 is 0 Å². The molecular formula is C35H22ClN3. The molecule has 1 heterocycles. The van der Waals surface area contributed by atoms with Gasteiger partial charge in [-0.15, -0.1) is 0 Å². The van der Waals surface area contributed by atoms with Crippen molar-refractivity contribution < 1.29 is 0 Å². The van der Waals surface area contributed by atoms with E-state index < -0.39 is 0 Å². The summed E-state index contributed by atoms with van der Waals surface area (Å²) in [4.78, 5) is 13.8. The highest BCUT2D eigenvalue weighted by Crippen LogP contribution is 2.33. The van der Waals surface area contributed by atoms with Gasteiger partial charge in [-0.05, 0) is 73.6 Å². The Balaban J connectivity index is 1.32. The molecule has 4 heteroatoms. The minimum Gasteiger partial charge on any atom is -0.208 e. The van der Waals surface area contributed by atoms with Crippen LogP contribution in [-0.2, 0) is 0 Å². The van der Waals surface area contributed by atoms with Gasteiger partial charge in [0.15, 0.2) is 11.6 Å². The van der Waals surface area contributed by atoms with Crippen molar-refractivity contribution in [2.45, 2.75) is 0 Å². The molecule has 184 valence electrons. The number of hydrogen-bond donors (Lipinski definition) is 0. The van der Waals surface area contributed by atoms with Crippen molar-refractivity contribution in [2.75, 3.05) is 0 Å². The molecule has 0 radical (unpaired) electrons. The highest BCUT2D eigenvalue weighted by atomic mass is 35.5. The average Bonchev–Trinajstić information content (AvgIpc) is 3.00. The largest absolute Gasteiger partial charge is 0.226 e. The normalized spacial score (nSPS) is 11.2. The molecule has 0 fully saturated rings. The van der Waals surface area contributed by atoms with Gasteiger partial charge in [-0.2, -0.15) is 9.97 Å². The molecule has 39 heavy (non-hydrogen) atoms. The van der Waals surface area contributed by atoms with Crippen LogP contribution in [0.2, 0.25) is 5.28 Å². The second-order valence-electron chi connectivity index (χ2n) is 9.50. The highest BCUT2D eigenvalue weighted by molar-refractivity contribution is 6.28. The summed E-state index contributed by atoms with van der Waals surface area (Å²) >= 11 is 6.46. The molecule has 0 aliphatic rings. The number of nitrogens with zero attached hydrogens (tertiary/aromatic N) is 3. The van der Waals surface area contributed by atoms with Crippen LogP contribution in [0.4, 0.5) is 0 Å². The molecule has 7 aromatic rings. The molecule has 6 aromatic carbocycles. The fourth-order valence-electron chi connectivity index (χ4n) is 5.09. The number of aromatic nitrogens is 3. The van der Waals surface area contributed by atoms with E-state index in [4.69, 9.17) is 16.6 Å². The topological polar surface area (TPSA) is 38.7 Å². The van der Waals surface area contributed by atoms with E-state index in [0.29, 0.717) is 11.6 Å². The number of fused-ring (bicyclic) bond motifs is 2. The molecule has 0 amide bonds. The fraction of sp³-hybridized carbons (Fsp3) is 0. The zero-order valence-electron chi connectivity index (χ0n) is 20.9. The molecular weight excluding hydrogens is 498 g/mol. The molecule has 0 saturated carbocycles. The highest BCUT2D eigenvalue weighted by Gasteiger charge is 2.12. The number of halogens is 1. The lowest BCUT2D eigenvalue weighted by Gasteiger charge is -2.10. The Hall–Kier alpha value is -4.86. The Bertz CT molecular complexity index is 1970. The first-order valence-corrected chi connectivity index (χ1v) is 13.2. The number of rotatable bonds is 4. The second kappa shape index (κ2) is 9.79. The summed E-state index contributed by atoms with van der Waals surface area (Å²) in [6.45, 7) is 0. The molecule has 7 rings (SSSR count). The van der Waals surface area contributed by atoms with Crippen LogP contribution in [-0.4, -0.2) is 15.0 Å². The summed E-state index contributed by atoms with van der Waals surface area (Å²) in [5.74, 6) is 1.10. The third-order valence-corrected chi connectivity index (χ3v) is 7.21. The lowest BCUT2D eigenvalue weighted by molar-refractivity contribution is 1.07. The molecule has 0 aliphatic carbocycles. The minimum atomic E-state index is 0.171. The van der Waals surface area contributed by atoms with Gasteiger partial charge in [-0.1, -0.05) is 115 Å². The molecule has 0 saturated heterocycles. The maximum Gasteiger partial charge on any atom is 0.226 e. The Labute approximate surface area is 231 Å². The third kappa shape index (κ3) is 4.54. The van der Waals surface area contributed by atoms with Gasteiger partial charge in [0.1, 0.15) is 0 Å². The van der Waals surface area contributed by atoms with Gasteiger partial charge in [-0.3, -0.25) is 0 Å². The zero-order chi connectivity index (χ0) is 26.2. The Morgan fingerprint density at radius 1 is 0.385 bits per heavy atom. The molecule has 0 aliphatic heterocycles. The zero-order valence-corrected chi connectivity index (χ0v) is 21.7. The molecule has 3 nitrogen and oxygen atoms in total. The van der Waals surface area contributed by atoms with Gasteiger partial charge in [0, 0.05) is 11.1 Å². The van der Waals surface area contributed by atoms with E-state index in [0.717, 1.165) is 32.7 Å². The van der Waals surface area contributed by atoms with Crippen molar-refractivity contribution in [3.63, 3.8) is 0 Å². The molecule has 1 aromatic heterocycles. The van der Waals surface area contributed by atoms with E-state index in [2.05, 4.69) is 119 Å². The summed E-state index contributed by atoms with van der Waals surface area (Å²) in [7, 11) is 0. The number of hydrogen-bond acceptors (Lipinski definition) is 3. The van der Waals surface area contributed by atoms with Crippen molar-refractivity contribution in [1.82, 2.24) is 15.0 Å². The van der Waals surface area contributed by atoms with Gasteiger partial charge in [0.2, 0.25) is 5.28 Å². The van der Waals surface area contributed by atoms with E-state index in [9.17, 15) is 0 Å². The number of benzene rings is 6. The van der Waals surface area contributed by atoms with Crippen LogP contribution in [0.3, 0.4) is 0 Å². The van der Waals surface area contributed by atoms with Gasteiger partial charge in [0.25, 0.3) is 0 Å². The van der Waals surface area contributed by atoms with Crippen molar-refractivity contribution >= 4 is 33.1 Å². The molecule has 0 N–H and O–H groups in total. The van der Waals surface area contributed by atoms with Crippen molar-refractivity contribution in [1.29, 1.82) is 0 Å². The molecule has 0 bridgehead atoms. The lowest BCUT2D eigenvalue weighted by Crippen LogP contribution is -1.97. The lowest BCUT2D eigenvalue weighted by atomic mass is 9.96. The van der Waals surface area contributed by atoms with Gasteiger partial charge in [0.05, 0.1) is 0 Å². The summed E-state index contributed by atoms with van der Waals surface area (Å²) in [5.41, 5.74) is 6.47. The second-order valence-corrected chi connectivity index (χ2v) is 9.84. The van der Waals surface area contributed by atoms with Crippen LogP contribution in [0.15, 0.2) is 133 Å². The first-order chi connectivity index (χ1) is 19.2. The van der Waals surface area contributed by atoms with Gasteiger partial charge in [-0.25, -0.2) is 4.98 Å². The summed E-state index contributed by atoms with van der Waals surface area (Å²) in [5, 5.41) is 4.74. The standard InChI is InChI=1S/C35H22ClN3/c36-35-38-33(28-18-15-24-14-17-27(20-30(24)21-28)23-8-3-1-4-9-23)37-34(39-35)29-19-16-26-12-7-13-31(32(26)22-29)25-10-5-2-6-11-25/h1-22H. The molecule has 0 unspecified atom stereocenters. The van der Waals surface area contributed by atoms with Crippen LogP contribution in [0.1, 0.15) is 0 Å². The Kier molecular flexibility index (Phi) is 5.84. The van der Waals surface area contributed by atoms with Crippen LogP contribution >= 0.6 is 11.6 Å². The van der Waals surface area contributed by atoms with E-state index >= 15 is 0 Å². The van der Waals surface area contributed by atoms with Crippen LogP contribution in [0, 0.1) is 0 Å². The SMILES string of the molecule is Clc1nc(-c2ccc3ccc(-c4ccccc4)cc3c2)nc(-c2ccc3cccc(-c4ccccc4)c3c2)n1. The van der Waals surface area contributed by atoms with Crippen molar-refractivity contribution in [3.8, 4) is 45.0 Å². The van der Waals surface area contributed by atoms with Crippen molar-refractivity contribution in [2.24, 2.45) is 0 Å². The summed E-state index contributed by atoms with van der Waals surface area (Å²) < 4.78 is 0. The summed E-state index contributed by atoms with van der Waals surface area (Å²) in [6.07, 6.45) is 0. The van der Waals surface area contributed by atoms with E-state index in [-0.39, 0.29) is 5.28 Å². The Morgan fingerprint density at radius 2 is 0.974 bits per heavy atom. The quantitative estimate of drug-likeness (QED) is 0.232. The van der Waals surface area contributed by atoms with E-state index in [1.165, 1.54) is 22.3 Å². The fourth-order valence-corrected chi connectivity index (χ4v) is 5.25. The maximum absolute atomic E-state index is 6.46. The van der Waals surface area contributed by atoms with Crippen LogP contribution in [0.5, 0.6) is 0 Å². The predicted octanol–water partition coefficient (Wildman–Crippen LogP) is 9.50. The van der Waals surface area contributed by atoms with Crippen LogP contribution < -0.4 is 0 Å². The maximum atomic E-state index is 6.46. The van der Waals surface area contributed by atoms with Crippen LogP contribution in [0.25, 0.3) is 66.6 Å². The average molecular weight is 520 g/mol. The predicted molar refractivity (Wildman–Crippen MR) is 162 cm³/mol. The van der Waals surface area contributed by atoms with E-state index in [1.807, 2.05) is 24.3 Å². The van der Waals surface area contributed by atoms with Gasteiger partial charge < -0.3 is 0 Å². The Morgan fingerprint density at radius 3 is 1.69 bits per heavy atom.